The van der Waals surface area contributed by atoms with E-state index in [4.69, 9.17) is 0 Å². The Morgan fingerprint density at radius 1 is 1.00 bits per heavy atom. The molecule has 0 unspecified atom stereocenters. The zero-order valence-corrected chi connectivity index (χ0v) is 11.7. The van der Waals surface area contributed by atoms with Gasteiger partial charge in [-0.05, 0) is 29.8 Å². The van der Waals surface area contributed by atoms with E-state index in [1.54, 1.807) is 17.0 Å². The highest BCUT2D eigenvalue weighted by atomic mass is 32.1. The Hall–Kier alpha value is -2.60. The van der Waals surface area contributed by atoms with E-state index in [1.165, 1.54) is 11.7 Å². The molecule has 0 saturated carbocycles. The van der Waals surface area contributed by atoms with Crippen LogP contribution in [0.3, 0.4) is 0 Å². The van der Waals surface area contributed by atoms with Crippen molar-refractivity contribution in [2.24, 2.45) is 0 Å². The van der Waals surface area contributed by atoms with Gasteiger partial charge >= 0.3 is 0 Å². The first-order valence-corrected chi connectivity index (χ1v) is 7.20. The summed E-state index contributed by atoms with van der Waals surface area (Å²) in [5.41, 5.74) is 3.44. The Morgan fingerprint density at radius 3 is 2.81 bits per heavy atom. The Labute approximate surface area is 123 Å². The van der Waals surface area contributed by atoms with Gasteiger partial charge in [0.15, 0.2) is 0 Å². The molecule has 0 atom stereocenters. The molecule has 0 aliphatic heterocycles. The highest BCUT2D eigenvalue weighted by Crippen LogP contribution is 2.14. The van der Waals surface area contributed by atoms with Gasteiger partial charge in [0, 0.05) is 0 Å². The van der Waals surface area contributed by atoms with Crippen LogP contribution in [0.25, 0.3) is 21.9 Å². The van der Waals surface area contributed by atoms with Crippen LogP contribution in [0.1, 0.15) is 5.56 Å². The fourth-order valence-electron chi connectivity index (χ4n) is 2.34. The maximum Gasteiger partial charge on any atom is 0.261 e. The van der Waals surface area contributed by atoms with Crippen molar-refractivity contribution >= 4 is 33.7 Å². The van der Waals surface area contributed by atoms with Crippen LogP contribution >= 0.6 is 11.7 Å². The quantitative estimate of drug-likeness (QED) is 0.570. The van der Waals surface area contributed by atoms with Gasteiger partial charge in [0.1, 0.15) is 11.0 Å². The number of hydrogen-bond acceptors (Lipinski definition) is 5. The van der Waals surface area contributed by atoms with Crippen molar-refractivity contribution < 1.29 is 0 Å². The lowest BCUT2D eigenvalue weighted by atomic mass is 10.2. The van der Waals surface area contributed by atoms with E-state index >= 15 is 0 Å². The molecule has 2 heterocycles. The first-order valence-electron chi connectivity index (χ1n) is 6.47. The summed E-state index contributed by atoms with van der Waals surface area (Å²) in [5.74, 6) is 0. The third-order valence-electron chi connectivity index (χ3n) is 3.40. The van der Waals surface area contributed by atoms with Crippen LogP contribution in [-0.2, 0) is 6.54 Å². The molecule has 0 amide bonds. The van der Waals surface area contributed by atoms with E-state index in [2.05, 4.69) is 13.7 Å². The molecule has 0 aliphatic rings. The third-order valence-corrected chi connectivity index (χ3v) is 3.96. The van der Waals surface area contributed by atoms with Crippen molar-refractivity contribution in [3.63, 3.8) is 0 Å². The number of para-hydroxylation sites is 1. The Balaban J connectivity index is 1.79. The molecule has 4 rings (SSSR count). The molecule has 0 aliphatic carbocycles. The first-order chi connectivity index (χ1) is 10.3. The SMILES string of the molecule is O=c1c2ccccc2ncn1Cc1ccc2nsnc2c1. The minimum atomic E-state index is -0.0305. The molecule has 0 spiro atoms. The van der Waals surface area contributed by atoms with Crippen LogP contribution in [0, 0.1) is 0 Å². The molecule has 0 N–H and O–H groups in total. The fraction of sp³-hybridized carbons (Fsp3) is 0.0667. The van der Waals surface area contributed by atoms with Crippen LogP contribution in [0.2, 0.25) is 0 Å². The van der Waals surface area contributed by atoms with E-state index in [-0.39, 0.29) is 5.56 Å². The van der Waals surface area contributed by atoms with Crippen molar-refractivity contribution in [1.29, 1.82) is 0 Å². The van der Waals surface area contributed by atoms with Crippen LogP contribution in [0.4, 0.5) is 0 Å². The smallest absolute Gasteiger partial charge is 0.261 e. The third kappa shape index (κ3) is 2.09. The summed E-state index contributed by atoms with van der Waals surface area (Å²) < 4.78 is 10.0. The second-order valence-electron chi connectivity index (χ2n) is 4.78. The number of benzene rings is 2. The lowest BCUT2D eigenvalue weighted by molar-refractivity contribution is 0.749. The Morgan fingerprint density at radius 2 is 1.86 bits per heavy atom. The average molecular weight is 294 g/mol. The number of aromatic nitrogens is 4. The average Bonchev–Trinajstić information content (AvgIpc) is 2.98. The fourth-order valence-corrected chi connectivity index (χ4v) is 2.86. The minimum absolute atomic E-state index is 0.0305. The summed E-state index contributed by atoms with van der Waals surface area (Å²) in [6.45, 7) is 0.476. The molecule has 2 aromatic heterocycles. The Bertz CT molecular complexity index is 1010. The largest absolute Gasteiger partial charge is 0.294 e. The maximum atomic E-state index is 12.4. The van der Waals surface area contributed by atoms with Gasteiger partial charge in [-0.3, -0.25) is 9.36 Å². The molecule has 0 fully saturated rings. The highest BCUT2D eigenvalue weighted by molar-refractivity contribution is 7.00. The first kappa shape index (κ1) is 12.2. The van der Waals surface area contributed by atoms with Crippen LogP contribution < -0.4 is 5.56 Å². The van der Waals surface area contributed by atoms with Crippen molar-refractivity contribution in [2.45, 2.75) is 6.54 Å². The van der Waals surface area contributed by atoms with Gasteiger partial charge in [0.2, 0.25) is 0 Å². The van der Waals surface area contributed by atoms with E-state index in [0.717, 1.165) is 22.1 Å². The molecule has 0 saturated heterocycles. The van der Waals surface area contributed by atoms with E-state index in [1.807, 2.05) is 36.4 Å². The number of rotatable bonds is 2. The molecule has 0 bridgehead atoms. The number of fused-ring (bicyclic) bond motifs is 2. The summed E-state index contributed by atoms with van der Waals surface area (Å²) in [7, 11) is 0. The normalized spacial score (nSPS) is 11.2. The molecular weight excluding hydrogens is 284 g/mol. The summed E-state index contributed by atoms with van der Waals surface area (Å²) in [6, 6.07) is 13.2. The molecule has 4 aromatic rings. The van der Waals surface area contributed by atoms with Crippen molar-refractivity contribution in [3.8, 4) is 0 Å². The summed E-state index contributed by atoms with van der Waals surface area (Å²) in [5, 5.41) is 0.636. The van der Waals surface area contributed by atoms with Gasteiger partial charge < -0.3 is 0 Å². The van der Waals surface area contributed by atoms with Gasteiger partial charge in [0.05, 0.1) is 35.5 Å². The van der Waals surface area contributed by atoms with Crippen LogP contribution in [0.5, 0.6) is 0 Å². The van der Waals surface area contributed by atoms with Crippen LogP contribution in [-0.4, -0.2) is 18.3 Å². The molecule has 5 nitrogen and oxygen atoms in total. The van der Waals surface area contributed by atoms with Crippen molar-refractivity contribution in [3.05, 3.63) is 64.7 Å². The maximum absolute atomic E-state index is 12.4. The van der Waals surface area contributed by atoms with Gasteiger partial charge in [0.25, 0.3) is 5.56 Å². The van der Waals surface area contributed by atoms with Gasteiger partial charge in [-0.15, -0.1) is 0 Å². The lowest BCUT2D eigenvalue weighted by Crippen LogP contribution is -2.21. The lowest BCUT2D eigenvalue weighted by Gasteiger charge is -2.06. The standard InChI is InChI=1S/C15H10N4OS/c20-15-11-3-1-2-4-12(11)16-9-19(15)8-10-5-6-13-14(7-10)18-21-17-13/h1-7,9H,8H2. The predicted molar refractivity (Wildman–Crippen MR) is 82.5 cm³/mol. The molecule has 0 radical (unpaired) electrons. The second kappa shape index (κ2) is 4.75. The van der Waals surface area contributed by atoms with Gasteiger partial charge in [-0.1, -0.05) is 18.2 Å². The van der Waals surface area contributed by atoms with Crippen LogP contribution in [0.15, 0.2) is 53.6 Å². The summed E-state index contributed by atoms with van der Waals surface area (Å²) in [4.78, 5) is 16.8. The topological polar surface area (TPSA) is 60.7 Å². The Kier molecular flexibility index (Phi) is 2.75. The van der Waals surface area contributed by atoms with Crippen molar-refractivity contribution in [2.75, 3.05) is 0 Å². The summed E-state index contributed by atoms with van der Waals surface area (Å²) in [6.07, 6.45) is 1.59. The molecule has 21 heavy (non-hydrogen) atoms. The molecule has 102 valence electrons. The predicted octanol–water partition coefficient (Wildman–Crippen LogP) is 2.45. The zero-order chi connectivity index (χ0) is 14.2. The number of nitrogens with zero attached hydrogens (tertiary/aromatic N) is 4. The van der Waals surface area contributed by atoms with Gasteiger partial charge in [-0.25, -0.2) is 4.98 Å². The highest BCUT2D eigenvalue weighted by Gasteiger charge is 2.05. The molecule has 6 heteroatoms. The van der Waals surface area contributed by atoms with Crippen molar-refractivity contribution in [1.82, 2.24) is 18.3 Å². The summed E-state index contributed by atoms with van der Waals surface area (Å²) >= 11 is 1.19. The van der Waals surface area contributed by atoms with E-state index < -0.39 is 0 Å². The van der Waals surface area contributed by atoms with E-state index in [0.29, 0.717) is 11.9 Å². The number of hydrogen-bond donors (Lipinski definition) is 0. The van der Waals surface area contributed by atoms with Gasteiger partial charge in [-0.2, -0.15) is 8.75 Å². The zero-order valence-electron chi connectivity index (χ0n) is 10.9. The molecular formula is C15H10N4OS. The second-order valence-corrected chi connectivity index (χ2v) is 5.31. The minimum Gasteiger partial charge on any atom is -0.294 e. The monoisotopic (exact) mass is 294 g/mol. The molecule has 2 aromatic carbocycles. The van der Waals surface area contributed by atoms with E-state index in [9.17, 15) is 4.79 Å².